The fourth-order valence-electron chi connectivity index (χ4n) is 2.18. The summed E-state index contributed by atoms with van der Waals surface area (Å²) in [6.45, 7) is -0.0496. The van der Waals surface area contributed by atoms with Gasteiger partial charge in [0.1, 0.15) is 12.4 Å². The molecule has 0 fully saturated rings. The van der Waals surface area contributed by atoms with Crippen molar-refractivity contribution in [2.75, 3.05) is 6.79 Å². The first kappa shape index (κ1) is 16.4. The van der Waals surface area contributed by atoms with Crippen molar-refractivity contribution in [3.05, 3.63) is 69.5 Å². The first-order chi connectivity index (χ1) is 12.0. The zero-order chi connectivity index (χ0) is 17.8. The second-order valence-corrected chi connectivity index (χ2v) is 5.09. The van der Waals surface area contributed by atoms with Gasteiger partial charge in [-0.1, -0.05) is 12.1 Å². The molecule has 0 amide bonds. The molecule has 0 saturated heterocycles. The average Bonchev–Trinajstić information content (AvgIpc) is 3.05. The molecule has 1 aliphatic rings. The predicted octanol–water partition coefficient (Wildman–Crippen LogP) is 3.22. The van der Waals surface area contributed by atoms with Gasteiger partial charge in [-0.25, -0.2) is 9.18 Å². The van der Waals surface area contributed by atoms with Gasteiger partial charge in [0.2, 0.25) is 6.79 Å². The molecule has 8 heteroatoms. The van der Waals surface area contributed by atoms with Crippen LogP contribution in [0.5, 0.6) is 11.5 Å². The Morgan fingerprint density at radius 1 is 1.24 bits per heavy atom. The largest absolute Gasteiger partial charge is 0.458 e. The van der Waals surface area contributed by atoms with Gasteiger partial charge < -0.3 is 14.2 Å². The van der Waals surface area contributed by atoms with Crippen LogP contribution >= 0.6 is 0 Å². The summed E-state index contributed by atoms with van der Waals surface area (Å²) >= 11 is 0. The van der Waals surface area contributed by atoms with Gasteiger partial charge in [0, 0.05) is 6.08 Å². The van der Waals surface area contributed by atoms with Crippen LogP contribution in [-0.4, -0.2) is 17.7 Å². The molecular formula is C17H12FNO6. The minimum atomic E-state index is -0.684. The molecule has 128 valence electrons. The van der Waals surface area contributed by atoms with Crippen LogP contribution in [0.15, 0.2) is 42.5 Å². The summed E-state index contributed by atoms with van der Waals surface area (Å²) in [5.74, 6) is -0.422. The molecule has 0 bridgehead atoms. The fourth-order valence-corrected chi connectivity index (χ4v) is 2.18. The van der Waals surface area contributed by atoms with Crippen LogP contribution in [0.2, 0.25) is 0 Å². The maximum atomic E-state index is 12.8. The van der Waals surface area contributed by atoms with Crippen LogP contribution < -0.4 is 9.47 Å². The highest BCUT2D eigenvalue weighted by Gasteiger charge is 2.22. The molecule has 2 aromatic carbocycles. The summed E-state index contributed by atoms with van der Waals surface area (Å²) in [6, 6.07) is 8.17. The highest BCUT2D eigenvalue weighted by atomic mass is 19.1. The summed E-state index contributed by atoms with van der Waals surface area (Å²) in [5.41, 5.74) is 0.594. The van der Waals surface area contributed by atoms with Gasteiger partial charge in [0.25, 0.3) is 5.69 Å². The number of rotatable bonds is 5. The molecule has 7 nitrogen and oxygen atoms in total. The molecule has 2 aromatic rings. The summed E-state index contributed by atoms with van der Waals surface area (Å²) in [7, 11) is 0. The quantitative estimate of drug-likeness (QED) is 0.358. The van der Waals surface area contributed by atoms with E-state index in [2.05, 4.69) is 0 Å². The van der Waals surface area contributed by atoms with E-state index in [1.54, 1.807) is 0 Å². The molecule has 0 aliphatic carbocycles. The van der Waals surface area contributed by atoms with Crippen LogP contribution in [0.3, 0.4) is 0 Å². The number of nitro benzene ring substituents is 1. The minimum Gasteiger partial charge on any atom is -0.458 e. The molecule has 0 atom stereocenters. The van der Waals surface area contributed by atoms with Crippen molar-refractivity contribution in [3.8, 4) is 11.5 Å². The van der Waals surface area contributed by atoms with E-state index in [-0.39, 0.29) is 36.2 Å². The number of ether oxygens (including phenoxy) is 3. The molecule has 0 spiro atoms. The monoisotopic (exact) mass is 345 g/mol. The lowest BCUT2D eigenvalue weighted by Crippen LogP contribution is -2.01. The Labute approximate surface area is 141 Å². The Morgan fingerprint density at radius 3 is 2.60 bits per heavy atom. The SMILES string of the molecule is O=C(/C=C/c1cc2c(cc1[N+](=O)[O-])OCO2)OCc1ccc(F)cc1. The predicted molar refractivity (Wildman–Crippen MR) is 84.4 cm³/mol. The van der Waals surface area contributed by atoms with Gasteiger partial charge in [-0.3, -0.25) is 10.1 Å². The van der Waals surface area contributed by atoms with E-state index in [9.17, 15) is 19.3 Å². The van der Waals surface area contributed by atoms with Gasteiger partial charge in [-0.2, -0.15) is 0 Å². The van der Waals surface area contributed by atoms with Gasteiger partial charge in [0.05, 0.1) is 16.6 Å². The van der Waals surface area contributed by atoms with Crippen molar-refractivity contribution >= 4 is 17.7 Å². The first-order valence-electron chi connectivity index (χ1n) is 7.20. The lowest BCUT2D eigenvalue weighted by atomic mass is 10.1. The van der Waals surface area contributed by atoms with Gasteiger partial charge in [0.15, 0.2) is 11.5 Å². The standard InChI is InChI=1S/C17H12FNO6/c18-13-4-1-11(2-5-13)9-23-17(20)6-3-12-7-15-16(25-10-24-15)8-14(12)19(21)22/h1-8H,9-10H2/b6-3+. The van der Waals surface area contributed by atoms with Crippen molar-refractivity contribution in [2.24, 2.45) is 0 Å². The Kier molecular flexibility index (Phi) is 4.60. The number of nitrogens with zero attached hydrogens (tertiary/aromatic N) is 1. The van der Waals surface area contributed by atoms with Crippen molar-refractivity contribution in [1.29, 1.82) is 0 Å². The summed E-state index contributed by atoms with van der Waals surface area (Å²) in [4.78, 5) is 22.3. The first-order valence-corrected chi connectivity index (χ1v) is 7.20. The number of hydrogen-bond donors (Lipinski definition) is 0. The maximum absolute atomic E-state index is 12.8. The smallest absolute Gasteiger partial charge is 0.331 e. The number of fused-ring (bicyclic) bond motifs is 1. The van der Waals surface area contributed by atoms with E-state index in [1.165, 1.54) is 42.5 Å². The molecule has 25 heavy (non-hydrogen) atoms. The molecule has 0 radical (unpaired) electrons. The lowest BCUT2D eigenvalue weighted by molar-refractivity contribution is -0.385. The van der Waals surface area contributed by atoms with E-state index in [4.69, 9.17) is 14.2 Å². The third-order valence-electron chi connectivity index (χ3n) is 3.41. The van der Waals surface area contributed by atoms with Crippen LogP contribution in [-0.2, 0) is 16.1 Å². The summed E-state index contributed by atoms with van der Waals surface area (Å²) in [6.07, 6.45) is 2.35. The van der Waals surface area contributed by atoms with E-state index in [1.807, 2.05) is 0 Å². The number of hydrogen-bond acceptors (Lipinski definition) is 6. The lowest BCUT2D eigenvalue weighted by Gasteiger charge is -2.03. The summed E-state index contributed by atoms with van der Waals surface area (Å²) in [5, 5.41) is 11.1. The average molecular weight is 345 g/mol. The number of benzene rings is 2. The maximum Gasteiger partial charge on any atom is 0.331 e. The number of carbonyl (C=O) groups is 1. The van der Waals surface area contributed by atoms with Crippen LogP contribution in [0.25, 0.3) is 6.08 Å². The van der Waals surface area contributed by atoms with Crippen molar-refractivity contribution in [2.45, 2.75) is 6.61 Å². The van der Waals surface area contributed by atoms with E-state index in [0.717, 1.165) is 6.08 Å². The number of carbonyl (C=O) groups excluding carboxylic acids is 1. The van der Waals surface area contributed by atoms with Crippen molar-refractivity contribution < 1.29 is 28.3 Å². The van der Waals surface area contributed by atoms with Crippen LogP contribution in [0, 0.1) is 15.9 Å². The van der Waals surface area contributed by atoms with E-state index in [0.29, 0.717) is 11.3 Å². The molecular weight excluding hydrogens is 333 g/mol. The number of halogens is 1. The Hall–Kier alpha value is -3.42. The third-order valence-corrected chi connectivity index (χ3v) is 3.41. The second-order valence-electron chi connectivity index (χ2n) is 5.09. The molecule has 0 unspecified atom stereocenters. The molecule has 0 saturated carbocycles. The molecule has 1 aliphatic heterocycles. The number of nitro groups is 1. The summed E-state index contributed by atoms with van der Waals surface area (Å²) < 4.78 is 28.1. The zero-order valence-electron chi connectivity index (χ0n) is 12.8. The van der Waals surface area contributed by atoms with Gasteiger partial charge in [-0.05, 0) is 29.8 Å². The Balaban J connectivity index is 1.69. The van der Waals surface area contributed by atoms with Crippen molar-refractivity contribution in [3.63, 3.8) is 0 Å². The zero-order valence-corrected chi connectivity index (χ0v) is 12.8. The minimum absolute atomic E-state index is 0.0145. The topological polar surface area (TPSA) is 87.9 Å². The highest BCUT2D eigenvalue weighted by Crippen LogP contribution is 2.38. The molecule has 0 aromatic heterocycles. The highest BCUT2D eigenvalue weighted by molar-refractivity contribution is 5.88. The molecule has 1 heterocycles. The molecule has 0 N–H and O–H groups in total. The van der Waals surface area contributed by atoms with Crippen LogP contribution in [0.1, 0.15) is 11.1 Å². The van der Waals surface area contributed by atoms with Crippen LogP contribution in [0.4, 0.5) is 10.1 Å². The fraction of sp³-hybridized carbons (Fsp3) is 0.118. The van der Waals surface area contributed by atoms with E-state index < -0.39 is 10.9 Å². The Morgan fingerprint density at radius 2 is 1.92 bits per heavy atom. The Bertz CT molecular complexity index is 847. The normalized spacial score (nSPS) is 12.4. The van der Waals surface area contributed by atoms with Gasteiger partial charge in [-0.15, -0.1) is 0 Å². The third kappa shape index (κ3) is 3.92. The van der Waals surface area contributed by atoms with E-state index >= 15 is 0 Å². The second kappa shape index (κ2) is 7.00. The number of esters is 1. The van der Waals surface area contributed by atoms with Crippen molar-refractivity contribution in [1.82, 2.24) is 0 Å². The molecule has 3 rings (SSSR count). The van der Waals surface area contributed by atoms with Gasteiger partial charge >= 0.3 is 5.97 Å².